The molecule has 7 nitrogen and oxygen atoms in total. The summed E-state index contributed by atoms with van der Waals surface area (Å²) in [6, 6.07) is 5.81. The SMILES string of the molecule is CCCCCCCCCCC(=O)OC1(c2ccccc2C(=O)O[C@H](CCCCCOCC)C(F)(F)F)C=CC(C(=O)O)C=C1. The smallest absolute Gasteiger partial charge is 0.425 e. The van der Waals surface area contributed by atoms with Crippen LogP contribution >= 0.6 is 0 Å². The average molecular weight is 625 g/mol. The maximum Gasteiger partial charge on any atom is 0.425 e. The monoisotopic (exact) mass is 624 g/mol. The summed E-state index contributed by atoms with van der Waals surface area (Å²) in [4.78, 5) is 37.8. The largest absolute Gasteiger partial charge is 0.481 e. The Balaban J connectivity index is 2.20. The van der Waals surface area contributed by atoms with Crippen LogP contribution in [0.15, 0.2) is 48.6 Å². The number of aliphatic carboxylic acids is 1. The molecule has 1 aromatic rings. The molecule has 0 saturated heterocycles. The van der Waals surface area contributed by atoms with Crippen molar-refractivity contribution in [3.05, 3.63) is 59.7 Å². The Bertz CT molecular complexity index is 1080. The van der Waals surface area contributed by atoms with Gasteiger partial charge in [-0.15, -0.1) is 0 Å². The van der Waals surface area contributed by atoms with Gasteiger partial charge in [-0.25, -0.2) is 4.79 Å². The second-order valence-electron chi connectivity index (χ2n) is 11.1. The third kappa shape index (κ3) is 12.5. The van der Waals surface area contributed by atoms with Crippen molar-refractivity contribution in [1.29, 1.82) is 0 Å². The first kappa shape index (κ1) is 37.0. The topological polar surface area (TPSA) is 99.1 Å². The number of alkyl halides is 3. The lowest BCUT2D eigenvalue weighted by Crippen LogP contribution is -2.36. The molecule has 1 aliphatic rings. The van der Waals surface area contributed by atoms with Gasteiger partial charge in [-0.05, 0) is 50.8 Å². The Morgan fingerprint density at radius 3 is 2.11 bits per heavy atom. The lowest BCUT2D eigenvalue weighted by Gasteiger charge is -2.32. The van der Waals surface area contributed by atoms with E-state index in [9.17, 15) is 32.7 Å². The predicted molar refractivity (Wildman–Crippen MR) is 161 cm³/mol. The number of hydrogen-bond acceptors (Lipinski definition) is 6. The highest BCUT2D eigenvalue weighted by Gasteiger charge is 2.44. The molecule has 2 rings (SSSR count). The van der Waals surface area contributed by atoms with Gasteiger partial charge in [-0.3, -0.25) is 9.59 Å². The van der Waals surface area contributed by atoms with Gasteiger partial charge in [-0.2, -0.15) is 13.2 Å². The third-order valence-electron chi connectivity index (χ3n) is 7.55. The first-order valence-corrected chi connectivity index (χ1v) is 15.8. The molecule has 0 radical (unpaired) electrons. The molecule has 0 saturated carbocycles. The fraction of sp³-hybridized carbons (Fsp3) is 0.618. The van der Waals surface area contributed by atoms with Gasteiger partial charge in [0.25, 0.3) is 0 Å². The minimum absolute atomic E-state index is 0.0863. The lowest BCUT2D eigenvalue weighted by atomic mass is 9.83. The van der Waals surface area contributed by atoms with Crippen molar-refractivity contribution in [1.82, 2.24) is 0 Å². The Hall–Kier alpha value is -3.14. The maximum atomic E-state index is 13.8. The zero-order valence-electron chi connectivity index (χ0n) is 25.9. The van der Waals surface area contributed by atoms with Crippen LogP contribution in [0.25, 0.3) is 0 Å². The summed E-state index contributed by atoms with van der Waals surface area (Å²) in [5, 5.41) is 9.45. The van der Waals surface area contributed by atoms with Gasteiger partial charge in [0.2, 0.25) is 0 Å². The van der Waals surface area contributed by atoms with Gasteiger partial charge in [-0.1, -0.05) is 88.6 Å². The molecule has 1 aliphatic carbocycles. The van der Waals surface area contributed by atoms with E-state index in [1.807, 2.05) is 6.92 Å². The summed E-state index contributed by atoms with van der Waals surface area (Å²) in [5.41, 5.74) is -1.81. The number of benzene rings is 1. The van der Waals surface area contributed by atoms with E-state index in [1.165, 1.54) is 61.8 Å². The molecule has 10 heteroatoms. The minimum atomic E-state index is -4.77. The van der Waals surface area contributed by atoms with Gasteiger partial charge < -0.3 is 19.3 Å². The Kier molecular flexibility index (Phi) is 16.2. The van der Waals surface area contributed by atoms with Gasteiger partial charge in [0, 0.05) is 25.2 Å². The molecule has 0 bridgehead atoms. The van der Waals surface area contributed by atoms with Gasteiger partial charge in [0.05, 0.1) is 11.5 Å². The van der Waals surface area contributed by atoms with Crippen LogP contribution in [0.4, 0.5) is 13.2 Å². The number of carboxylic acid groups (broad SMARTS) is 1. The van der Waals surface area contributed by atoms with Gasteiger partial charge >= 0.3 is 24.1 Å². The van der Waals surface area contributed by atoms with Crippen LogP contribution in [0.1, 0.15) is 113 Å². The van der Waals surface area contributed by atoms with Gasteiger partial charge in [0.1, 0.15) is 0 Å². The number of carboxylic acids is 1. The van der Waals surface area contributed by atoms with Crippen molar-refractivity contribution in [3.63, 3.8) is 0 Å². The molecule has 0 unspecified atom stereocenters. The van der Waals surface area contributed by atoms with Crippen LogP contribution in [0.3, 0.4) is 0 Å². The number of esters is 2. The number of rotatable bonds is 21. The Labute approximate surface area is 258 Å². The van der Waals surface area contributed by atoms with Crippen molar-refractivity contribution >= 4 is 17.9 Å². The Morgan fingerprint density at radius 2 is 1.50 bits per heavy atom. The molecule has 246 valence electrons. The highest BCUT2D eigenvalue weighted by atomic mass is 19.4. The molecule has 1 N–H and O–H groups in total. The zero-order chi connectivity index (χ0) is 32.4. The lowest BCUT2D eigenvalue weighted by molar-refractivity contribution is -0.206. The van der Waals surface area contributed by atoms with E-state index in [2.05, 4.69) is 6.92 Å². The van der Waals surface area contributed by atoms with Crippen LogP contribution in [0.5, 0.6) is 0 Å². The molecular formula is C34H47F3O7. The summed E-state index contributed by atoms with van der Waals surface area (Å²) in [6.45, 7) is 4.97. The fourth-order valence-corrected chi connectivity index (χ4v) is 5.06. The average Bonchev–Trinajstić information content (AvgIpc) is 2.99. The summed E-state index contributed by atoms with van der Waals surface area (Å²) in [6.07, 6.45) is 7.50. The van der Waals surface area contributed by atoms with E-state index in [1.54, 1.807) is 6.07 Å². The van der Waals surface area contributed by atoms with E-state index in [0.29, 0.717) is 32.5 Å². The second-order valence-corrected chi connectivity index (χ2v) is 11.1. The van der Waals surface area contributed by atoms with Crippen molar-refractivity contribution < 1.29 is 46.9 Å². The van der Waals surface area contributed by atoms with Crippen LogP contribution in [-0.4, -0.2) is 48.5 Å². The van der Waals surface area contributed by atoms with Crippen LogP contribution in [0, 0.1) is 5.92 Å². The number of unbranched alkanes of at least 4 members (excludes halogenated alkanes) is 9. The highest BCUT2D eigenvalue weighted by molar-refractivity contribution is 5.92. The molecule has 0 aromatic heterocycles. The molecule has 0 heterocycles. The molecular weight excluding hydrogens is 577 g/mol. The van der Waals surface area contributed by atoms with E-state index < -0.39 is 48.1 Å². The minimum Gasteiger partial charge on any atom is -0.481 e. The third-order valence-corrected chi connectivity index (χ3v) is 7.55. The highest BCUT2D eigenvalue weighted by Crippen LogP contribution is 2.37. The van der Waals surface area contributed by atoms with Crippen molar-refractivity contribution in [2.45, 2.75) is 115 Å². The molecule has 1 atom stereocenters. The summed E-state index contributed by atoms with van der Waals surface area (Å²) in [7, 11) is 0. The Morgan fingerprint density at radius 1 is 0.886 bits per heavy atom. The standard InChI is InChI=1S/C34H47F3O7/c1-3-5-6-7-8-9-10-13-20-30(38)44-33(23-21-26(22-24-33)31(39)40)28-18-15-14-17-27(28)32(41)43-29(34(35,36)37)19-12-11-16-25-42-4-2/h14-15,17-18,21-24,26,29H,3-13,16,19-20,25H2,1-2H3,(H,39,40)/t26?,29-,33?/m1/s1. The van der Waals surface area contributed by atoms with Crippen molar-refractivity contribution in [3.8, 4) is 0 Å². The molecule has 0 spiro atoms. The first-order valence-electron chi connectivity index (χ1n) is 15.8. The van der Waals surface area contributed by atoms with E-state index in [0.717, 1.165) is 25.7 Å². The van der Waals surface area contributed by atoms with Crippen molar-refractivity contribution in [2.24, 2.45) is 5.92 Å². The summed E-state index contributed by atoms with van der Waals surface area (Å²) < 4.78 is 57.7. The fourth-order valence-electron chi connectivity index (χ4n) is 5.06. The van der Waals surface area contributed by atoms with E-state index >= 15 is 0 Å². The van der Waals surface area contributed by atoms with E-state index in [4.69, 9.17) is 14.2 Å². The summed E-state index contributed by atoms with van der Waals surface area (Å²) in [5.74, 6) is -3.90. The second kappa shape index (κ2) is 19.3. The van der Waals surface area contributed by atoms with E-state index in [-0.39, 0.29) is 24.0 Å². The number of carbonyl (C=O) groups is 3. The first-order chi connectivity index (χ1) is 21.0. The molecule has 0 aliphatic heterocycles. The number of carbonyl (C=O) groups excluding carboxylic acids is 2. The van der Waals surface area contributed by atoms with Gasteiger partial charge in [0.15, 0.2) is 11.7 Å². The molecule has 0 amide bonds. The zero-order valence-corrected chi connectivity index (χ0v) is 25.9. The molecule has 44 heavy (non-hydrogen) atoms. The maximum absolute atomic E-state index is 13.8. The number of hydrogen-bond donors (Lipinski definition) is 1. The van der Waals surface area contributed by atoms with Crippen LogP contribution < -0.4 is 0 Å². The van der Waals surface area contributed by atoms with Crippen molar-refractivity contribution in [2.75, 3.05) is 13.2 Å². The normalized spacial score (nSPS) is 18.6. The molecule has 1 aromatic carbocycles. The predicted octanol–water partition coefficient (Wildman–Crippen LogP) is 8.47. The number of halogens is 3. The van der Waals surface area contributed by atoms with Crippen LogP contribution in [0.2, 0.25) is 0 Å². The molecule has 0 fully saturated rings. The van der Waals surface area contributed by atoms with Crippen LogP contribution in [-0.2, 0) is 29.4 Å². The quantitative estimate of drug-likeness (QED) is 0.0832. The summed E-state index contributed by atoms with van der Waals surface area (Å²) >= 11 is 0. The number of ether oxygens (including phenoxy) is 3.